The van der Waals surface area contributed by atoms with E-state index in [1.54, 1.807) is 16.3 Å². The van der Waals surface area contributed by atoms with Crippen LogP contribution in [-0.4, -0.2) is 26.3 Å². The van der Waals surface area contributed by atoms with Gasteiger partial charge in [0.15, 0.2) is 5.16 Å². The van der Waals surface area contributed by atoms with Gasteiger partial charge in [-0.05, 0) is 24.5 Å². The quantitative estimate of drug-likeness (QED) is 0.733. The zero-order valence-electron chi connectivity index (χ0n) is 12.4. The molecular formula is C14H21N5OS. The average molecular weight is 307 g/mol. The van der Waals surface area contributed by atoms with Gasteiger partial charge in [0.05, 0.1) is 0 Å². The predicted molar refractivity (Wildman–Crippen MR) is 85.7 cm³/mol. The van der Waals surface area contributed by atoms with Gasteiger partial charge in [-0.3, -0.25) is 4.57 Å². The second-order valence-electron chi connectivity index (χ2n) is 4.73. The molecular weight excluding hydrogens is 286 g/mol. The van der Waals surface area contributed by atoms with Gasteiger partial charge >= 0.3 is 5.69 Å². The van der Waals surface area contributed by atoms with Gasteiger partial charge < -0.3 is 5.32 Å². The van der Waals surface area contributed by atoms with Crippen molar-refractivity contribution in [1.29, 1.82) is 0 Å². The molecule has 0 saturated heterocycles. The largest absolute Gasteiger partial charge is 0.370 e. The topological polar surface area (TPSA) is 75.6 Å². The van der Waals surface area contributed by atoms with Gasteiger partial charge in [0, 0.05) is 25.0 Å². The van der Waals surface area contributed by atoms with E-state index in [1.165, 1.54) is 0 Å². The van der Waals surface area contributed by atoms with Crippen molar-refractivity contribution in [3.05, 3.63) is 34.4 Å². The summed E-state index contributed by atoms with van der Waals surface area (Å²) in [5, 5.41) is 10.5. The van der Waals surface area contributed by atoms with Crippen LogP contribution in [0.1, 0.15) is 32.3 Å². The molecule has 0 atom stereocenters. The lowest BCUT2D eigenvalue weighted by molar-refractivity contribution is 0.604. The first-order valence-electron chi connectivity index (χ1n) is 7.21. The third kappa shape index (κ3) is 4.35. The van der Waals surface area contributed by atoms with E-state index in [-0.39, 0.29) is 5.69 Å². The zero-order valence-corrected chi connectivity index (χ0v) is 13.2. The molecule has 7 heteroatoms. The maximum Gasteiger partial charge on any atom is 0.343 e. The number of rotatable bonds is 8. The highest BCUT2D eigenvalue weighted by Gasteiger charge is 2.08. The summed E-state index contributed by atoms with van der Waals surface area (Å²) < 4.78 is 1.68. The molecule has 2 rings (SSSR count). The molecule has 0 saturated carbocycles. The van der Waals surface area contributed by atoms with Crippen LogP contribution in [0.5, 0.6) is 0 Å². The molecule has 0 aliphatic carbocycles. The molecule has 114 valence electrons. The van der Waals surface area contributed by atoms with Gasteiger partial charge in [0.25, 0.3) is 0 Å². The molecule has 0 aromatic carbocycles. The van der Waals surface area contributed by atoms with Crippen LogP contribution in [0.15, 0.2) is 28.3 Å². The van der Waals surface area contributed by atoms with E-state index in [9.17, 15) is 4.79 Å². The van der Waals surface area contributed by atoms with Crippen LogP contribution >= 0.6 is 11.8 Å². The fourth-order valence-corrected chi connectivity index (χ4v) is 2.76. The fraction of sp³-hybridized carbons (Fsp3) is 0.500. The van der Waals surface area contributed by atoms with E-state index in [0.717, 1.165) is 41.7 Å². The third-order valence-electron chi connectivity index (χ3n) is 2.92. The zero-order chi connectivity index (χ0) is 15.1. The smallest absolute Gasteiger partial charge is 0.343 e. The average Bonchev–Trinajstić information content (AvgIpc) is 2.85. The molecule has 0 bridgehead atoms. The Hall–Kier alpha value is -1.76. The predicted octanol–water partition coefficient (Wildman–Crippen LogP) is 2.49. The molecule has 2 heterocycles. The normalized spacial score (nSPS) is 10.8. The van der Waals surface area contributed by atoms with Gasteiger partial charge in [-0.15, -0.1) is 5.10 Å². The van der Waals surface area contributed by atoms with Crippen molar-refractivity contribution in [1.82, 2.24) is 19.7 Å². The molecule has 21 heavy (non-hydrogen) atoms. The number of nitrogens with one attached hydrogen (secondary N) is 2. The van der Waals surface area contributed by atoms with Crippen LogP contribution in [-0.2, 0) is 12.3 Å². The number of aromatic nitrogens is 4. The second kappa shape index (κ2) is 7.87. The first-order chi connectivity index (χ1) is 10.2. The highest BCUT2D eigenvalue weighted by atomic mass is 32.2. The minimum Gasteiger partial charge on any atom is -0.370 e. The molecule has 2 aromatic heterocycles. The van der Waals surface area contributed by atoms with E-state index in [0.29, 0.717) is 6.54 Å². The number of nitrogens with zero attached hydrogens (tertiary/aromatic N) is 3. The van der Waals surface area contributed by atoms with Crippen LogP contribution in [0, 0.1) is 0 Å². The molecule has 0 amide bonds. The van der Waals surface area contributed by atoms with Gasteiger partial charge in [-0.1, -0.05) is 31.7 Å². The molecule has 2 N–H and O–H groups in total. The number of hydrogen-bond donors (Lipinski definition) is 2. The molecule has 0 fully saturated rings. The summed E-state index contributed by atoms with van der Waals surface area (Å²) in [5.74, 6) is 1.64. The van der Waals surface area contributed by atoms with Crippen molar-refractivity contribution in [2.24, 2.45) is 0 Å². The summed E-state index contributed by atoms with van der Waals surface area (Å²) in [4.78, 5) is 16.0. The van der Waals surface area contributed by atoms with Gasteiger partial charge in [-0.25, -0.2) is 14.9 Å². The Morgan fingerprint density at radius 1 is 1.33 bits per heavy atom. The number of thioether (sulfide) groups is 1. The molecule has 2 aromatic rings. The number of hydrogen-bond acceptors (Lipinski definition) is 5. The highest BCUT2D eigenvalue weighted by molar-refractivity contribution is 7.98. The number of aromatic amines is 1. The minimum absolute atomic E-state index is 0.142. The van der Waals surface area contributed by atoms with Gasteiger partial charge in [0.2, 0.25) is 0 Å². The van der Waals surface area contributed by atoms with E-state index < -0.39 is 0 Å². The van der Waals surface area contributed by atoms with Gasteiger partial charge in [0.1, 0.15) is 5.82 Å². The highest BCUT2D eigenvalue weighted by Crippen LogP contribution is 2.20. The van der Waals surface area contributed by atoms with Crippen LogP contribution in [0.2, 0.25) is 0 Å². The van der Waals surface area contributed by atoms with Crippen molar-refractivity contribution in [3.63, 3.8) is 0 Å². The molecule has 0 aliphatic heterocycles. The Kier molecular flexibility index (Phi) is 5.86. The lowest BCUT2D eigenvalue weighted by Gasteiger charge is -2.06. The number of pyridine rings is 1. The summed E-state index contributed by atoms with van der Waals surface area (Å²) in [6.07, 6.45) is 3.85. The van der Waals surface area contributed by atoms with Gasteiger partial charge in [-0.2, -0.15) is 0 Å². The lowest BCUT2D eigenvalue weighted by Crippen LogP contribution is -2.17. The second-order valence-corrected chi connectivity index (χ2v) is 5.67. The minimum atomic E-state index is -0.142. The Balaban J connectivity index is 1.95. The van der Waals surface area contributed by atoms with Crippen LogP contribution < -0.4 is 11.0 Å². The van der Waals surface area contributed by atoms with E-state index in [1.807, 2.05) is 25.3 Å². The summed E-state index contributed by atoms with van der Waals surface area (Å²) >= 11 is 1.54. The Morgan fingerprint density at radius 3 is 2.86 bits per heavy atom. The van der Waals surface area contributed by atoms with E-state index >= 15 is 0 Å². The Labute approximate surface area is 128 Å². The van der Waals surface area contributed by atoms with Crippen LogP contribution in [0.25, 0.3) is 0 Å². The Morgan fingerprint density at radius 2 is 2.19 bits per heavy atom. The maximum absolute atomic E-state index is 11.6. The SMILES string of the molecule is CCCNc1ccc(CSc2n[nH]c(=O)n2CCC)cn1. The molecule has 0 unspecified atom stereocenters. The first-order valence-corrected chi connectivity index (χ1v) is 8.20. The third-order valence-corrected chi connectivity index (χ3v) is 3.97. The fourth-order valence-electron chi connectivity index (χ4n) is 1.85. The molecule has 6 nitrogen and oxygen atoms in total. The van der Waals surface area contributed by atoms with Crippen molar-refractivity contribution in [2.75, 3.05) is 11.9 Å². The van der Waals surface area contributed by atoms with Crippen molar-refractivity contribution in [3.8, 4) is 0 Å². The van der Waals surface area contributed by atoms with Crippen LogP contribution in [0.3, 0.4) is 0 Å². The molecule has 0 radical (unpaired) electrons. The monoisotopic (exact) mass is 307 g/mol. The molecule has 0 spiro atoms. The summed E-state index contributed by atoms with van der Waals surface area (Å²) in [6.45, 7) is 5.78. The number of anilines is 1. The number of H-pyrrole nitrogens is 1. The maximum atomic E-state index is 11.6. The van der Waals surface area contributed by atoms with E-state index in [2.05, 4.69) is 27.4 Å². The lowest BCUT2D eigenvalue weighted by atomic mass is 10.3. The van der Waals surface area contributed by atoms with Crippen LogP contribution in [0.4, 0.5) is 5.82 Å². The first kappa shape index (κ1) is 15.6. The molecule has 0 aliphatic rings. The summed E-state index contributed by atoms with van der Waals surface area (Å²) in [5.41, 5.74) is 0.970. The summed E-state index contributed by atoms with van der Waals surface area (Å²) in [7, 11) is 0. The van der Waals surface area contributed by atoms with Crippen molar-refractivity contribution in [2.45, 2.75) is 44.1 Å². The Bertz CT molecular complexity index is 605. The summed E-state index contributed by atoms with van der Waals surface area (Å²) in [6, 6.07) is 4.03. The van der Waals surface area contributed by atoms with E-state index in [4.69, 9.17) is 0 Å². The standard InChI is InChI=1S/C14H21N5OS/c1-3-7-15-12-6-5-11(9-16-12)10-21-14-18-17-13(20)19(14)8-4-2/h5-6,9H,3-4,7-8,10H2,1-2H3,(H,15,16)(H,17,20). The van der Waals surface area contributed by atoms with Crippen molar-refractivity contribution < 1.29 is 0 Å². The van der Waals surface area contributed by atoms with Crippen molar-refractivity contribution >= 4 is 17.6 Å².